The molecule has 134 valence electrons. The Kier molecular flexibility index (Phi) is 4.32. The minimum Gasteiger partial charge on any atom is -0.338 e. The topological polar surface area (TPSA) is 50.5 Å². The van der Waals surface area contributed by atoms with Gasteiger partial charge in [0.05, 0.1) is 10.6 Å². The number of likely N-dealkylation sites (tertiary alicyclic amines) is 1. The summed E-state index contributed by atoms with van der Waals surface area (Å²) >= 11 is 5.95. The second-order valence-electron chi connectivity index (χ2n) is 6.32. The molecular formula is C18H15ClF2N4O. The van der Waals surface area contributed by atoms with E-state index in [9.17, 15) is 13.6 Å². The molecule has 0 bridgehead atoms. The Morgan fingerprint density at radius 1 is 1.19 bits per heavy atom. The smallest absolute Gasteiger partial charge is 0.255 e. The van der Waals surface area contributed by atoms with E-state index in [4.69, 9.17) is 11.6 Å². The maximum absolute atomic E-state index is 13.5. The number of hydrogen-bond acceptors (Lipinski definition) is 3. The molecule has 5 nitrogen and oxygen atoms in total. The number of aromatic nitrogens is 3. The Balaban J connectivity index is 1.61. The molecule has 0 spiro atoms. The second kappa shape index (κ2) is 6.64. The monoisotopic (exact) mass is 376 g/mol. The van der Waals surface area contributed by atoms with Crippen molar-refractivity contribution in [1.29, 1.82) is 0 Å². The molecule has 0 radical (unpaired) electrons. The van der Waals surface area contributed by atoms with E-state index in [0.717, 1.165) is 36.4 Å². The van der Waals surface area contributed by atoms with Gasteiger partial charge in [0.15, 0.2) is 17.3 Å². The number of halogens is 3. The minimum absolute atomic E-state index is 0.00849. The van der Waals surface area contributed by atoms with Crippen molar-refractivity contribution in [2.75, 3.05) is 13.1 Å². The molecule has 1 aliphatic rings. The van der Waals surface area contributed by atoms with Gasteiger partial charge in [-0.15, -0.1) is 10.2 Å². The van der Waals surface area contributed by atoms with Crippen molar-refractivity contribution >= 4 is 23.2 Å². The number of amides is 1. The molecule has 1 aromatic carbocycles. The third-order valence-electron chi connectivity index (χ3n) is 4.65. The van der Waals surface area contributed by atoms with Gasteiger partial charge in [0.1, 0.15) is 5.82 Å². The van der Waals surface area contributed by atoms with Crippen LogP contribution in [0, 0.1) is 11.6 Å². The molecule has 3 heterocycles. The quantitative estimate of drug-likeness (QED) is 0.641. The van der Waals surface area contributed by atoms with Crippen LogP contribution in [0.2, 0.25) is 5.02 Å². The van der Waals surface area contributed by atoms with E-state index < -0.39 is 17.5 Å². The summed E-state index contributed by atoms with van der Waals surface area (Å²) in [6.07, 6.45) is 3.53. The van der Waals surface area contributed by atoms with Crippen LogP contribution in [0.5, 0.6) is 0 Å². The maximum atomic E-state index is 13.5. The maximum Gasteiger partial charge on any atom is 0.255 e. The van der Waals surface area contributed by atoms with Crippen molar-refractivity contribution < 1.29 is 13.6 Å². The fourth-order valence-electron chi connectivity index (χ4n) is 3.37. The standard InChI is InChI=1S/C18H15ClF2N4O/c19-13-9-15(21)14(20)8-12(13)18(26)24-6-3-4-11(10-24)17-23-22-16-5-1-2-7-25(16)17/h1-2,5,7-9,11H,3-4,6,10H2/t11-/m1/s1. The van der Waals surface area contributed by atoms with Crippen molar-refractivity contribution in [3.8, 4) is 0 Å². The van der Waals surface area contributed by atoms with Crippen LogP contribution >= 0.6 is 11.6 Å². The van der Waals surface area contributed by atoms with E-state index in [1.807, 2.05) is 28.8 Å². The molecule has 1 saturated heterocycles. The molecular weight excluding hydrogens is 362 g/mol. The molecule has 4 rings (SSSR count). The lowest BCUT2D eigenvalue weighted by molar-refractivity contribution is 0.0703. The summed E-state index contributed by atoms with van der Waals surface area (Å²) < 4.78 is 28.7. The summed E-state index contributed by atoms with van der Waals surface area (Å²) in [6.45, 7) is 0.950. The van der Waals surface area contributed by atoms with Crippen molar-refractivity contribution in [1.82, 2.24) is 19.5 Å². The summed E-state index contributed by atoms with van der Waals surface area (Å²) in [5, 5.41) is 8.33. The van der Waals surface area contributed by atoms with Gasteiger partial charge in [-0.2, -0.15) is 0 Å². The molecule has 0 N–H and O–H groups in total. The van der Waals surface area contributed by atoms with Crippen LogP contribution in [-0.4, -0.2) is 38.5 Å². The number of carbonyl (C=O) groups excluding carboxylic acids is 1. The number of benzene rings is 1. The highest BCUT2D eigenvalue weighted by Gasteiger charge is 2.29. The normalized spacial score (nSPS) is 17.7. The number of fused-ring (bicyclic) bond motifs is 1. The predicted molar refractivity (Wildman–Crippen MR) is 92.2 cm³/mol. The molecule has 0 saturated carbocycles. The zero-order chi connectivity index (χ0) is 18.3. The predicted octanol–water partition coefficient (Wildman–Crippen LogP) is 3.68. The highest BCUT2D eigenvalue weighted by molar-refractivity contribution is 6.33. The minimum atomic E-state index is -1.09. The summed E-state index contributed by atoms with van der Waals surface area (Å²) in [6, 6.07) is 7.33. The van der Waals surface area contributed by atoms with Crippen LogP contribution in [0.15, 0.2) is 36.5 Å². The van der Waals surface area contributed by atoms with Gasteiger partial charge in [-0.3, -0.25) is 9.20 Å². The first kappa shape index (κ1) is 16.9. The average Bonchev–Trinajstić information content (AvgIpc) is 3.08. The van der Waals surface area contributed by atoms with Crippen LogP contribution < -0.4 is 0 Å². The van der Waals surface area contributed by atoms with E-state index in [0.29, 0.717) is 13.1 Å². The van der Waals surface area contributed by atoms with Crippen molar-refractivity contribution in [2.24, 2.45) is 0 Å². The Bertz CT molecular complexity index is 990. The van der Waals surface area contributed by atoms with Gasteiger partial charge < -0.3 is 4.90 Å². The molecule has 8 heteroatoms. The van der Waals surface area contributed by atoms with E-state index in [-0.39, 0.29) is 16.5 Å². The summed E-state index contributed by atoms with van der Waals surface area (Å²) in [5.41, 5.74) is 0.715. The molecule has 2 aromatic heterocycles. The Hall–Kier alpha value is -2.54. The van der Waals surface area contributed by atoms with Crippen LogP contribution in [0.1, 0.15) is 34.9 Å². The van der Waals surface area contributed by atoms with Gasteiger partial charge in [0.2, 0.25) is 0 Å². The Labute approximate surface area is 153 Å². The molecule has 1 amide bonds. The van der Waals surface area contributed by atoms with Crippen LogP contribution in [0.4, 0.5) is 8.78 Å². The number of piperidine rings is 1. The van der Waals surface area contributed by atoms with E-state index in [2.05, 4.69) is 10.2 Å². The summed E-state index contributed by atoms with van der Waals surface area (Å²) in [7, 11) is 0. The lowest BCUT2D eigenvalue weighted by Gasteiger charge is -2.32. The first-order valence-corrected chi connectivity index (χ1v) is 8.66. The number of carbonyl (C=O) groups is 1. The molecule has 0 aliphatic carbocycles. The van der Waals surface area contributed by atoms with Crippen molar-refractivity contribution in [2.45, 2.75) is 18.8 Å². The number of hydrogen-bond donors (Lipinski definition) is 0. The summed E-state index contributed by atoms with van der Waals surface area (Å²) in [5.74, 6) is -1.77. The van der Waals surface area contributed by atoms with Crippen LogP contribution in [0.25, 0.3) is 5.65 Å². The largest absolute Gasteiger partial charge is 0.338 e. The van der Waals surface area contributed by atoms with Gasteiger partial charge in [0, 0.05) is 25.2 Å². The second-order valence-corrected chi connectivity index (χ2v) is 6.73. The van der Waals surface area contributed by atoms with Gasteiger partial charge in [-0.05, 0) is 37.1 Å². The Morgan fingerprint density at radius 3 is 2.85 bits per heavy atom. The van der Waals surface area contributed by atoms with Gasteiger partial charge in [-0.1, -0.05) is 17.7 Å². The number of rotatable bonds is 2. The first-order chi connectivity index (χ1) is 12.5. The van der Waals surface area contributed by atoms with Crippen LogP contribution in [0.3, 0.4) is 0 Å². The highest BCUT2D eigenvalue weighted by atomic mass is 35.5. The molecule has 0 unspecified atom stereocenters. The molecule has 26 heavy (non-hydrogen) atoms. The zero-order valence-electron chi connectivity index (χ0n) is 13.7. The third-order valence-corrected chi connectivity index (χ3v) is 4.97. The fourth-order valence-corrected chi connectivity index (χ4v) is 3.60. The highest BCUT2D eigenvalue weighted by Crippen LogP contribution is 2.29. The SMILES string of the molecule is O=C(c1cc(F)c(F)cc1Cl)N1CCC[C@@H](c2nnc3ccccn23)C1. The lowest BCUT2D eigenvalue weighted by Crippen LogP contribution is -2.39. The summed E-state index contributed by atoms with van der Waals surface area (Å²) in [4.78, 5) is 14.4. The molecule has 1 atom stereocenters. The van der Waals surface area contributed by atoms with Crippen molar-refractivity contribution in [3.63, 3.8) is 0 Å². The lowest BCUT2D eigenvalue weighted by atomic mass is 9.96. The molecule has 1 fully saturated rings. The van der Waals surface area contributed by atoms with Crippen LogP contribution in [-0.2, 0) is 0 Å². The first-order valence-electron chi connectivity index (χ1n) is 8.28. The van der Waals surface area contributed by atoms with E-state index >= 15 is 0 Å². The molecule has 3 aromatic rings. The van der Waals surface area contributed by atoms with E-state index in [1.165, 1.54) is 0 Å². The number of nitrogens with zero attached hydrogens (tertiary/aromatic N) is 4. The van der Waals surface area contributed by atoms with Gasteiger partial charge in [-0.25, -0.2) is 8.78 Å². The fraction of sp³-hybridized carbons (Fsp3) is 0.278. The van der Waals surface area contributed by atoms with Gasteiger partial charge in [0.25, 0.3) is 5.91 Å². The Morgan fingerprint density at radius 2 is 2.00 bits per heavy atom. The van der Waals surface area contributed by atoms with Crippen molar-refractivity contribution in [3.05, 3.63) is 64.6 Å². The molecule has 1 aliphatic heterocycles. The number of pyridine rings is 1. The zero-order valence-corrected chi connectivity index (χ0v) is 14.5. The third kappa shape index (κ3) is 2.92. The average molecular weight is 377 g/mol. The van der Waals surface area contributed by atoms with E-state index in [1.54, 1.807) is 4.90 Å². The van der Waals surface area contributed by atoms with Gasteiger partial charge >= 0.3 is 0 Å².